The van der Waals surface area contributed by atoms with Crippen LogP contribution in [0.1, 0.15) is 36.6 Å². The number of halogens is 2. The van der Waals surface area contributed by atoms with E-state index in [1.54, 1.807) is 36.8 Å². The van der Waals surface area contributed by atoms with E-state index in [-0.39, 0.29) is 24.3 Å². The Morgan fingerprint density at radius 1 is 1.04 bits per heavy atom. The van der Waals surface area contributed by atoms with Crippen LogP contribution in [0.15, 0.2) is 87.9 Å². The molecule has 12 heteroatoms. The number of methoxy groups -OCH3 is 2. The van der Waals surface area contributed by atoms with Crippen LogP contribution in [0.4, 0.5) is 0 Å². The van der Waals surface area contributed by atoms with Crippen molar-refractivity contribution in [3.05, 3.63) is 125 Å². The molecular formula is C36H33Cl2N3O6S. The van der Waals surface area contributed by atoms with Gasteiger partial charge >= 0.3 is 5.97 Å². The molecule has 2 aromatic heterocycles. The number of ether oxygens (including phenoxy) is 4. The zero-order chi connectivity index (χ0) is 33.9. The smallest absolute Gasteiger partial charge is 0.338 e. The molecule has 6 rings (SSSR count). The maximum atomic E-state index is 14.4. The molecule has 248 valence electrons. The Morgan fingerprint density at radius 3 is 2.60 bits per heavy atom. The minimum Gasteiger partial charge on any atom is -0.493 e. The van der Waals surface area contributed by atoms with Gasteiger partial charge in [-0.25, -0.2) is 9.79 Å². The zero-order valence-corrected chi connectivity index (χ0v) is 29.1. The number of thiazole rings is 1. The molecule has 0 aliphatic carbocycles. The van der Waals surface area contributed by atoms with Gasteiger partial charge in [0.1, 0.15) is 12.6 Å². The number of fused-ring (bicyclic) bond motifs is 2. The molecule has 0 spiro atoms. The third-order valence-corrected chi connectivity index (χ3v) is 9.74. The van der Waals surface area contributed by atoms with Gasteiger partial charge in [0.05, 0.1) is 46.2 Å². The second-order valence-electron chi connectivity index (χ2n) is 11.0. The molecule has 0 N–H and O–H groups in total. The standard InChI is InChI=1S/C36H33Cl2N3O6S/c1-5-46-33-25(10-8-12-29(33)45-4)32-31(35(43)47-16-15-44-3)21(2)39-36-41(32)34(42)30(48-36)18-23-20-40(28-11-7-6-9-24(23)28)19-22-13-14-26(37)27(38)17-22/h6-14,17-18,20,32H,5,15-16,19H2,1-4H3/b30-18+/t32-/m1/s1. The highest BCUT2D eigenvalue weighted by molar-refractivity contribution is 7.07. The van der Waals surface area contributed by atoms with Crippen molar-refractivity contribution >= 4 is 57.5 Å². The van der Waals surface area contributed by atoms with Crippen LogP contribution in [-0.4, -0.2) is 49.1 Å². The number of carbonyl (C=O) groups is 1. The number of benzene rings is 3. The molecule has 0 bridgehead atoms. The minimum atomic E-state index is -0.883. The van der Waals surface area contributed by atoms with Gasteiger partial charge in [0.25, 0.3) is 5.56 Å². The molecular weight excluding hydrogens is 673 g/mol. The highest BCUT2D eigenvalue weighted by Gasteiger charge is 2.36. The first-order valence-electron chi connectivity index (χ1n) is 15.3. The van der Waals surface area contributed by atoms with Gasteiger partial charge in [-0.1, -0.05) is 70.9 Å². The first-order chi connectivity index (χ1) is 23.2. The lowest BCUT2D eigenvalue weighted by atomic mass is 9.94. The number of aromatic nitrogens is 2. The number of carbonyl (C=O) groups excluding carboxylic acids is 1. The van der Waals surface area contributed by atoms with E-state index in [1.807, 2.05) is 61.7 Å². The van der Waals surface area contributed by atoms with Gasteiger partial charge in [0.15, 0.2) is 16.3 Å². The molecule has 48 heavy (non-hydrogen) atoms. The van der Waals surface area contributed by atoms with Crippen LogP contribution in [0.5, 0.6) is 11.5 Å². The number of esters is 1. The van der Waals surface area contributed by atoms with E-state index < -0.39 is 12.0 Å². The maximum absolute atomic E-state index is 14.4. The molecule has 1 aliphatic rings. The molecule has 0 saturated carbocycles. The van der Waals surface area contributed by atoms with Gasteiger partial charge in [-0.3, -0.25) is 9.36 Å². The fraction of sp³-hybridized carbons (Fsp3) is 0.250. The number of allylic oxidation sites excluding steroid dienone is 1. The Balaban J connectivity index is 1.52. The summed E-state index contributed by atoms with van der Waals surface area (Å²) in [5.74, 6) is 0.320. The third kappa shape index (κ3) is 6.41. The Hall–Kier alpha value is -4.35. The van der Waals surface area contributed by atoms with Crippen LogP contribution in [0, 0.1) is 0 Å². The molecule has 0 fully saturated rings. The predicted octanol–water partition coefficient (Wildman–Crippen LogP) is 6.14. The van der Waals surface area contributed by atoms with Crippen molar-refractivity contribution in [3.63, 3.8) is 0 Å². The highest BCUT2D eigenvalue weighted by atomic mass is 35.5. The largest absolute Gasteiger partial charge is 0.493 e. The maximum Gasteiger partial charge on any atom is 0.338 e. The summed E-state index contributed by atoms with van der Waals surface area (Å²) in [4.78, 5) is 33.3. The van der Waals surface area contributed by atoms with Crippen molar-refractivity contribution in [2.24, 2.45) is 4.99 Å². The van der Waals surface area contributed by atoms with E-state index in [1.165, 1.54) is 18.4 Å². The van der Waals surface area contributed by atoms with E-state index in [0.29, 0.717) is 55.3 Å². The normalized spacial score (nSPS) is 14.6. The molecule has 0 saturated heterocycles. The topological polar surface area (TPSA) is 93.3 Å². The quantitative estimate of drug-likeness (QED) is 0.121. The molecule has 3 aromatic carbocycles. The summed E-state index contributed by atoms with van der Waals surface area (Å²) in [5.41, 5.74) is 3.80. The van der Waals surface area contributed by atoms with Gasteiger partial charge in [-0.2, -0.15) is 0 Å². The number of para-hydroxylation sites is 2. The van der Waals surface area contributed by atoms with Gasteiger partial charge in [-0.15, -0.1) is 0 Å². The first kappa shape index (κ1) is 33.5. The molecule has 1 atom stereocenters. The van der Waals surface area contributed by atoms with Gasteiger partial charge in [0, 0.05) is 41.9 Å². The summed E-state index contributed by atoms with van der Waals surface area (Å²) < 4.78 is 26.5. The Bertz CT molecular complexity index is 2240. The Kier molecular flexibility index (Phi) is 10.1. The summed E-state index contributed by atoms with van der Waals surface area (Å²) in [6.07, 6.45) is 3.89. The molecule has 0 amide bonds. The van der Waals surface area contributed by atoms with Crippen LogP contribution in [0.25, 0.3) is 17.0 Å². The first-order valence-corrected chi connectivity index (χ1v) is 16.8. The summed E-state index contributed by atoms with van der Waals surface area (Å²) >= 11 is 13.7. The van der Waals surface area contributed by atoms with E-state index in [9.17, 15) is 9.59 Å². The van der Waals surface area contributed by atoms with Crippen molar-refractivity contribution in [2.45, 2.75) is 26.4 Å². The monoisotopic (exact) mass is 705 g/mol. The summed E-state index contributed by atoms with van der Waals surface area (Å²) in [6.45, 7) is 4.78. The molecule has 5 aromatic rings. The zero-order valence-electron chi connectivity index (χ0n) is 26.8. The van der Waals surface area contributed by atoms with Gasteiger partial charge in [0.2, 0.25) is 0 Å². The second-order valence-corrected chi connectivity index (χ2v) is 12.8. The van der Waals surface area contributed by atoms with Crippen molar-refractivity contribution in [3.8, 4) is 11.5 Å². The van der Waals surface area contributed by atoms with Crippen LogP contribution >= 0.6 is 34.5 Å². The lowest BCUT2D eigenvalue weighted by molar-refractivity contribution is -0.140. The summed E-state index contributed by atoms with van der Waals surface area (Å²) in [5, 5.41) is 1.96. The van der Waals surface area contributed by atoms with E-state index in [4.69, 9.17) is 47.1 Å². The van der Waals surface area contributed by atoms with Gasteiger partial charge in [-0.05, 0) is 49.8 Å². The van der Waals surface area contributed by atoms with Crippen molar-refractivity contribution < 1.29 is 23.7 Å². The summed E-state index contributed by atoms with van der Waals surface area (Å²) in [7, 11) is 3.08. The fourth-order valence-electron chi connectivity index (χ4n) is 5.88. The Morgan fingerprint density at radius 2 is 1.85 bits per heavy atom. The van der Waals surface area contributed by atoms with Crippen molar-refractivity contribution in [2.75, 3.05) is 34.0 Å². The molecule has 9 nitrogen and oxygen atoms in total. The number of hydrogen-bond acceptors (Lipinski definition) is 8. The number of rotatable bonds is 11. The SMILES string of the molecule is CCOc1c(OC)cccc1[C@@H]1C(C(=O)OCCOC)=C(C)N=c2s/c(=C/c3cn(Cc4ccc(Cl)c(Cl)c4)c4ccccc34)c(=O)n21. The predicted molar refractivity (Wildman–Crippen MR) is 188 cm³/mol. The van der Waals surface area contributed by atoms with Crippen LogP contribution in [0.2, 0.25) is 10.0 Å². The average molecular weight is 707 g/mol. The van der Waals surface area contributed by atoms with Crippen LogP contribution < -0.4 is 24.4 Å². The third-order valence-electron chi connectivity index (χ3n) is 8.02. The summed E-state index contributed by atoms with van der Waals surface area (Å²) in [6, 6.07) is 18.1. The van der Waals surface area contributed by atoms with Gasteiger partial charge < -0.3 is 23.5 Å². The van der Waals surface area contributed by atoms with Crippen LogP contribution in [-0.2, 0) is 20.8 Å². The van der Waals surface area contributed by atoms with E-state index in [2.05, 4.69) is 4.57 Å². The Labute approximate surface area is 290 Å². The fourth-order valence-corrected chi connectivity index (χ4v) is 7.24. The number of hydrogen-bond donors (Lipinski definition) is 0. The lowest BCUT2D eigenvalue weighted by Crippen LogP contribution is -2.40. The van der Waals surface area contributed by atoms with Crippen molar-refractivity contribution in [1.29, 1.82) is 0 Å². The highest BCUT2D eigenvalue weighted by Crippen LogP contribution is 2.41. The molecule has 1 aliphatic heterocycles. The van der Waals surface area contributed by atoms with E-state index in [0.717, 1.165) is 22.0 Å². The minimum absolute atomic E-state index is 0.0476. The number of nitrogens with zero attached hydrogens (tertiary/aromatic N) is 3. The lowest BCUT2D eigenvalue weighted by Gasteiger charge is -2.27. The van der Waals surface area contributed by atoms with E-state index >= 15 is 0 Å². The average Bonchev–Trinajstić information content (AvgIpc) is 3.58. The second kappa shape index (κ2) is 14.4. The molecule has 0 radical (unpaired) electrons. The molecule has 0 unspecified atom stereocenters. The molecule has 3 heterocycles. The van der Waals surface area contributed by atoms with Crippen molar-refractivity contribution in [1.82, 2.24) is 9.13 Å². The van der Waals surface area contributed by atoms with Crippen LogP contribution in [0.3, 0.4) is 0 Å².